The van der Waals surface area contributed by atoms with Crippen LogP contribution in [0.15, 0.2) is 36.5 Å². The molecular weight excluding hydrogens is 202 g/mol. The maximum atomic E-state index is 5.43. The molecule has 1 aromatic heterocycles. The van der Waals surface area contributed by atoms with Gasteiger partial charge in [-0.15, -0.1) is 5.10 Å². The van der Waals surface area contributed by atoms with Gasteiger partial charge in [-0.25, -0.2) is 4.68 Å². The van der Waals surface area contributed by atoms with Crippen molar-refractivity contribution in [2.24, 2.45) is 5.73 Å². The van der Waals surface area contributed by atoms with Gasteiger partial charge in [-0.2, -0.15) is 0 Å². The summed E-state index contributed by atoms with van der Waals surface area (Å²) < 4.78 is 7.24. The van der Waals surface area contributed by atoms with Gasteiger partial charge >= 0.3 is 0 Å². The molecule has 0 saturated heterocycles. The van der Waals surface area contributed by atoms with Gasteiger partial charge in [-0.05, 0) is 19.1 Å². The second-order valence-electron chi connectivity index (χ2n) is 3.53. The molecule has 0 atom stereocenters. The van der Waals surface area contributed by atoms with E-state index in [2.05, 4.69) is 5.10 Å². The lowest BCUT2D eigenvalue weighted by molar-refractivity contribution is 0.311. The smallest absolute Gasteiger partial charge is 0.236 e. The second-order valence-corrected chi connectivity index (χ2v) is 3.53. The van der Waals surface area contributed by atoms with Crippen molar-refractivity contribution in [2.75, 3.05) is 13.2 Å². The SMILES string of the molecule is Cc1cn(-c2ccccc2)nc1OCCN. The lowest BCUT2D eigenvalue weighted by atomic mass is 10.3. The number of para-hydroxylation sites is 1. The fourth-order valence-corrected chi connectivity index (χ4v) is 1.46. The van der Waals surface area contributed by atoms with E-state index in [1.54, 1.807) is 4.68 Å². The number of aromatic nitrogens is 2. The Labute approximate surface area is 94.6 Å². The van der Waals surface area contributed by atoms with Crippen molar-refractivity contribution in [3.8, 4) is 11.6 Å². The average molecular weight is 217 g/mol. The number of aryl methyl sites for hydroxylation is 1. The Morgan fingerprint density at radius 3 is 2.75 bits per heavy atom. The van der Waals surface area contributed by atoms with Gasteiger partial charge < -0.3 is 10.5 Å². The monoisotopic (exact) mass is 217 g/mol. The van der Waals surface area contributed by atoms with Crippen molar-refractivity contribution in [1.82, 2.24) is 9.78 Å². The number of ether oxygens (including phenoxy) is 1. The number of rotatable bonds is 4. The van der Waals surface area contributed by atoms with Crippen LogP contribution in [0.1, 0.15) is 5.56 Å². The van der Waals surface area contributed by atoms with E-state index in [0.717, 1.165) is 11.3 Å². The van der Waals surface area contributed by atoms with Crippen LogP contribution < -0.4 is 10.5 Å². The number of benzene rings is 1. The summed E-state index contributed by atoms with van der Waals surface area (Å²) in [5, 5.41) is 4.36. The van der Waals surface area contributed by atoms with Crippen LogP contribution in [0.4, 0.5) is 0 Å². The summed E-state index contributed by atoms with van der Waals surface area (Å²) in [6.07, 6.45) is 1.95. The van der Waals surface area contributed by atoms with Gasteiger partial charge in [0.2, 0.25) is 5.88 Å². The molecule has 2 N–H and O–H groups in total. The summed E-state index contributed by atoms with van der Waals surface area (Å²) in [4.78, 5) is 0. The van der Waals surface area contributed by atoms with Crippen molar-refractivity contribution in [3.63, 3.8) is 0 Å². The molecular formula is C12H15N3O. The molecule has 0 aliphatic carbocycles. The van der Waals surface area contributed by atoms with Gasteiger partial charge in [0.05, 0.1) is 5.69 Å². The fourth-order valence-electron chi connectivity index (χ4n) is 1.46. The predicted octanol–water partition coefficient (Wildman–Crippen LogP) is 1.52. The van der Waals surface area contributed by atoms with Gasteiger partial charge in [0.25, 0.3) is 0 Å². The Kier molecular flexibility index (Phi) is 3.22. The molecule has 4 heteroatoms. The van der Waals surface area contributed by atoms with Crippen molar-refractivity contribution < 1.29 is 4.74 Å². The van der Waals surface area contributed by atoms with E-state index in [-0.39, 0.29) is 0 Å². The Morgan fingerprint density at radius 1 is 1.31 bits per heavy atom. The normalized spacial score (nSPS) is 10.4. The molecule has 1 aromatic carbocycles. The molecule has 0 radical (unpaired) electrons. The topological polar surface area (TPSA) is 53.1 Å². The van der Waals surface area contributed by atoms with E-state index in [1.165, 1.54) is 0 Å². The summed E-state index contributed by atoms with van der Waals surface area (Å²) in [6, 6.07) is 9.93. The Hall–Kier alpha value is -1.81. The summed E-state index contributed by atoms with van der Waals surface area (Å²) in [6.45, 7) is 2.96. The highest BCUT2D eigenvalue weighted by atomic mass is 16.5. The number of hydrogen-bond donors (Lipinski definition) is 1. The lowest BCUT2D eigenvalue weighted by Crippen LogP contribution is -2.11. The largest absolute Gasteiger partial charge is 0.475 e. The van der Waals surface area contributed by atoms with Gasteiger partial charge in [-0.1, -0.05) is 18.2 Å². The van der Waals surface area contributed by atoms with Crippen molar-refractivity contribution in [1.29, 1.82) is 0 Å². The lowest BCUT2D eigenvalue weighted by Gasteiger charge is -2.01. The van der Waals surface area contributed by atoms with E-state index in [4.69, 9.17) is 10.5 Å². The third kappa shape index (κ3) is 2.23. The van der Waals surface area contributed by atoms with Crippen LogP contribution in [0.5, 0.6) is 5.88 Å². The van der Waals surface area contributed by atoms with Crippen molar-refractivity contribution in [2.45, 2.75) is 6.92 Å². The minimum absolute atomic E-state index is 0.493. The van der Waals surface area contributed by atoms with Gasteiger partial charge in [0, 0.05) is 18.3 Å². The number of hydrogen-bond acceptors (Lipinski definition) is 3. The molecule has 84 valence electrons. The first-order chi connectivity index (χ1) is 7.81. The maximum absolute atomic E-state index is 5.43. The maximum Gasteiger partial charge on any atom is 0.236 e. The van der Waals surface area contributed by atoms with Crippen LogP contribution in [0, 0.1) is 6.92 Å². The average Bonchev–Trinajstić information content (AvgIpc) is 2.69. The number of nitrogens with two attached hydrogens (primary N) is 1. The molecule has 0 unspecified atom stereocenters. The first kappa shape index (κ1) is 10.7. The standard InChI is InChI=1S/C12H15N3O/c1-10-9-15(11-5-3-2-4-6-11)14-12(10)16-8-7-13/h2-6,9H,7-8,13H2,1H3. The van der Waals surface area contributed by atoms with Gasteiger partial charge in [-0.3, -0.25) is 0 Å². The zero-order valence-electron chi connectivity index (χ0n) is 9.26. The molecule has 0 amide bonds. The van der Waals surface area contributed by atoms with Crippen LogP contribution in [-0.2, 0) is 0 Å². The quantitative estimate of drug-likeness (QED) is 0.844. The zero-order chi connectivity index (χ0) is 11.4. The van der Waals surface area contributed by atoms with Crippen LogP contribution in [0.3, 0.4) is 0 Å². The highest BCUT2D eigenvalue weighted by molar-refractivity contribution is 5.33. The molecule has 0 aliphatic heterocycles. The molecule has 0 spiro atoms. The minimum Gasteiger partial charge on any atom is -0.475 e. The third-order valence-corrected chi connectivity index (χ3v) is 2.23. The predicted molar refractivity (Wildman–Crippen MR) is 62.9 cm³/mol. The van der Waals surface area contributed by atoms with Gasteiger partial charge in [0.1, 0.15) is 6.61 Å². The summed E-state index contributed by atoms with van der Waals surface area (Å²) in [7, 11) is 0. The van der Waals surface area contributed by atoms with E-state index in [0.29, 0.717) is 19.0 Å². The summed E-state index contributed by atoms with van der Waals surface area (Å²) in [5.74, 6) is 0.648. The van der Waals surface area contributed by atoms with E-state index < -0.39 is 0 Å². The van der Waals surface area contributed by atoms with Crippen LogP contribution in [0.2, 0.25) is 0 Å². The molecule has 0 aliphatic rings. The van der Waals surface area contributed by atoms with E-state index in [9.17, 15) is 0 Å². The molecule has 2 rings (SSSR count). The molecule has 1 heterocycles. The third-order valence-electron chi connectivity index (χ3n) is 2.23. The molecule has 2 aromatic rings. The van der Waals surface area contributed by atoms with E-state index >= 15 is 0 Å². The molecule has 0 saturated carbocycles. The molecule has 4 nitrogen and oxygen atoms in total. The van der Waals surface area contributed by atoms with Crippen molar-refractivity contribution in [3.05, 3.63) is 42.1 Å². The minimum atomic E-state index is 0.493. The number of nitrogens with zero attached hydrogens (tertiary/aromatic N) is 2. The van der Waals surface area contributed by atoms with Crippen LogP contribution >= 0.6 is 0 Å². The summed E-state index contributed by atoms with van der Waals surface area (Å²) in [5.41, 5.74) is 7.42. The first-order valence-electron chi connectivity index (χ1n) is 5.26. The second kappa shape index (κ2) is 4.81. The highest BCUT2D eigenvalue weighted by Crippen LogP contribution is 2.17. The molecule has 0 fully saturated rings. The van der Waals surface area contributed by atoms with Crippen LogP contribution in [0.25, 0.3) is 5.69 Å². The highest BCUT2D eigenvalue weighted by Gasteiger charge is 2.06. The Balaban J connectivity index is 2.24. The Morgan fingerprint density at radius 2 is 2.06 bits per heavy atom. The molecule has 16 heavy (non-hydrogen) atoms. The summed E-state index contributed by atoms with van der Waals surface area (Å²) >= 11 is 0. The van der Waals surface area contributed by atoms with E-state index in [1.807, 2.05) is 43.5 Å². The molecule has 0 bridgehead atoms. The zero-order valence-corrected chi connectivity index (χ0v) is 9.26. The Bertz CT molecular complexity index is 451. The fraction of sp³-hybridized carbons (Fsp3) is 0.250. The van der Waals surface area contributed by atoms with Crippen molar-refractivity contribution >= 4 is 0 Å². The van der Waals surface area contributed by atoms with Crippen LogP contribution in [-0.4, -0.2) is 22.9 Å². The first-order valence-corrected chi connectivity index (χ1v) is 5.26. The van der Waals surface area contributed by atoms with Gasteiger partial charge in [0.15, 0.2) is 0 Å².